The van der Waals surface area contributed by atoms with E-state index < -0.39 is 0 Å². The van der Waals surface area contributed by atoms with Gasteiger partial charge in [-0.05, 0) is 17.5 Å². The first kappa shape index (κ1) is 13.2. The van der Waals surface area contributed by atoms with Crippen LogP contribution in [0, 0.1) is 0 Å². The van der Waals surface area contributed by atoms with Crippen LogP contribution >= 0.6 is 0 Å². The maximum absolute atomic E-state index is 5.71. The molecule has 1 heterocycles. The zero-order valence-electron chi connectivity index (χ0n) is 11.9. The number of hydrogen-bond donors (Lipinski definition) is 1. The van der Waals surface area contributed by atoms with Crippen molar-refractivity contribution in [3.05, 3.63) is 65.7 Å². The van der Waals surface area contributed by atoms with Crippen molar-refractivity contribution in [2.24, 2.45) is 0 Å². The molecule has 0 fully saturated rings. The van der Waals surface area contributed by atoms with Gasteiger partial charge in [-0.1, -0.05) is 55.5 Å². The van der Waals surface area contributed by atoms with Crippen LogP contribution in [0.3, 0.4) is 0 Å². The largest absolute Gasteiger partial charge is 0.493 e. The fraction of sp³-hybridized carbons (Fsp3) is 0.333. The molecule has 0 bridgehead atoms. The van der Waals surface area contributed by atoms with Crippen molar-refractivity contribution in [1.82, 2.24) is 5.32 Å². The summed E-state index contributed by atoms with van der Waals surface area (Å²) in [6, 6.07) is 19.4. The third-order valence-electron chi connectivity index (χ3n) is 4.00. The highest BCUT2D eigenvalue weighted by atomic mass is 16.5. The molecule has 0 saturated heterocycles. The molecule has 1 aliphatic rings. The fourth-order valence-electron chi connectivity index (χ4n) is 2.77. The molecule has 2 atom stereocenters. The van der Waals surface area contributed by atoms with Crippen molar-refractivity contribution in [3.63, 3.8) is 0 Å². The summed E-state index contributed by atoms with van der Waals surface area (Å²) in [6.07, 6.45) is 1.04. The minimum Gasteiger partial charge on any atom is -0.493 e. The third kappa shape index (κ3) is 2.86. The van der Waals surface area contributed by atoms with Gasteiger partial charge in [0.05, 0.1) is 6.61 Å². The highest BCUT2D eigenvalue weighted by Gasteiger charge is 2.20. The summed E-state index contributed by atoms with van der Waals surface area (Å²) in [5.41, 5.74) is 2.68. The first-order valence-electron chi connectivity index (χ1n) is 7.34. The van der Waals surface area contributed by atoms with Gasteiger partial charge in [0.15, 0.2) is 0 Å². The number of hydrogen-bond acceptors (Lipinski definition) is 2. The molecular formula is C18H21NO. The number of ether oxygens (including phenoxy) is 1. The van der Waals surface area contributed by atoms with Gasteiger partial charge in [0, 0.05) is 24.6 Å². The van der Waals surface area contributed by atoms with Crippen molar-refractivity contribution < 1.29 is 4.74 Å². The second-order valence-corrected chi connectivity index (χ2v) is 5.45. The van der Waals surface area contributed by atoms with Crippen LogP contribution in [0.25, 0.3) is 0 Å². The smallest absolute Gasteiger partial charge is 0.124 e. The maximum Gasteiger partial charge on any atom is 0.124 e. The van der Waals surface area contributed by atoms with Gasteiger partial charge < -0.3 is 10.1 Å². The third-order valence-corrected chi connectivity index (χ3v) is 4.00. The number of fused-ring (bicyclic) bond motifs is 1. The van der Waals surface area contributed by atoms with Crippen LogP contribution in [0.2, 0.25) is 0 Å². The van der Waals surface area contributed by atoms with Crippen molar-refractivity contribution >= 4 is 0 Å². The molecular weight excluding hydrogens is 246 g/mol. The van der Waals surface area contributed by atoms with E-state index in [4.69, 9.17) is 4.74 Å². The predicted molar refractivity (Wildman–Crippen MR) is 82.2 cm³/mol. The normalized spacial score (nSPS) is 18.9. The second-order valence-electron chi connectivity index (χ2n) is 5.45. The van der Waals surface area contributed by atoms with E-state index in [0.29, 0.717) is 12.0 Å². The summed E-state index contributed by atoms with van der Waals surface area (Å²) in [4.78, 5) is 0. The fourth-order valence-corrected chi connectivity index (χ4v) is 2.77. The Kier molecular flexibility index (Phi) is 4.03. The Balaban J connectivity index is 1.65. The second kappa shape index (κ2) is 6.10. The molecule has 2 aromatic carbocycles. The first-order chi connectivity index (χ1) is 9.84. The van der Waals surface area contributed by atoms with E-state index >= 15 is 0 Å². The van der Waals surface area contributed by atoms with Crippen molar-refractivity contribution in [2.45, 2.75) is 25.3 Å². The summed E-state index contributed by atoms with van der Waals surface area (Å²) in [5, 5.41) is 3.70. The standard InChI is InChI=1S/C18H21NO/c1-14(15-7-3-2-4-8-15)13-19-17-11-12-20-18-10-6-5-9-16(17)18/h2-10,14,17,19H,11-13H2,1H3. The minimum absolute atomic E-state index is 0.408. The maximum atomic E-state index is 5.71. The summed E-state index contributed by atoms with van der Waals surface area (Å²) in [5.74, 6) is 1.55. The molecule has 3 rings (SSSR count). The lowest BCUT2D eigenvalue weighted by Gasteiger charge is -2.28. The Bertz CT molecular complexity index is 552. The van der Waals surface area contributed by atoms with Gasteiger partial charge in [0.25, 0.3) is 0 Å². The average molecular weight is 267 g/mol. The van der Waals surface area contributed by atoms with Crippen LogP contribution in [0.1, 0.15) is 36.4 Å². The number of nitrogens with one attached hydrogen (secondary N) is 1. The number of para-hydroxylation sites is 1. The lowest BCUT2D eigenvalue weighted by Crippen LogP contribution is -2.29. The molecule has 0 radical (unpaired) electrons. The van der Waals surface area contributed by atoms with E-state index in [1.54, 1.807) is 0 Å². The van der Waals surface area contributed by atoms with Crippen molar-refractivity contribution in [2.75, 3.05) is 13.2 Å². The van der Waals surface area contributed by atoms with Crippen LogP contribution in [0.5, 0.6) is 5.75 Å². The van der Waals surface area contributed by atoms with E-state index in [0.717, 1.165) is 25.3 Å². The highest BCUT2D eigenvalue weighted by Crippen LogP contribution is 2.31. The summed E-state index contributed by atoms with van der Waals surface area (Å²) < 4.78 is 5.71. The molecule has 2 nitrogen and oxygen atoms in total. The molecule has 0 aliphatic carbocycles. The molecule has 1 N–H and O–H groups in total. The number of rotatable bonds is 4. The Morgan fingerprint density at radius 2 is 1.85 bits per heavy atom. The topological polar surface area (TPSA) is 21.3 Å². The molecule has 0 spiro atoms. The summed E-state index contributed by atoms with van der Waals surface area (Å²) in [6.45, 7) is 4.06. The van der Waals surface area contributed by atoms with Crippen LogP contribution < -0.4 is 10.1 Å². The van der Waals surface area contributed by atoms with Crippen LogP contribution in [-0.2, 0) is 0 Å². The molecule has 0 aromatic heterocycles. The quantitative estimate of drug-likeness (QED) is 0.907. The monoisotopic (exact) mass is 267 g/mol. The molecule has 0 amide bonds. The van der Waals surface area contributed by atoms with Gasteiger partial charge in [-0.25, -0.2) is 0 Å². The van der Waals surface area contributed by atoms with Gasteiger partial charge in [-0.2, -0.15) is 0 Å². The molecule has 2 unspecified atom stereocenters. The number of benzene rings is 2. The van der Waals surface area contributed by atoms with E-state index in [-0.39, 0.29) is 0 Å². The summed E-state index contributed by atoms with van der Waals surface area (Å²) in [7, 11) is 0. The Hall–Kier alpha value is -1.80. The van der Waals surface area contributed by atoms with Crippen LogP contribution in [0.15, 0.2) is 54.6 Å². The Morgan fingerprint density at radius 1 is 1.10 bits per heavy atom. The lowest BCUT2D eigenvalue weighted by molar-refractivity contribution is 0.252. The van der Waals surface area contributed by atoms with Crippen molar-refractivity contribution in [1.29, 1.82) is 0 Å². The zero-order valence-corrected chi connectivity index (χ0v) is 11.9. The SMILES string of the molecule is CC(CNC1CCOc2ccccc21)c1ccccc1. The van der Waals surface area contributed by atoms with Gasteiger partial charge in [-0.15, -0.1) is 0 Å². The Labute approximate surface area is 120 Å². The predicted octanol–water partition coefficient (Wildman–Crippen LogP) is 3.90. The van der Waals surface area contributed by atoms with E-state index in [2.05, 4.69) is 60.8 Å². The van der Waals surface area contributed by atoms with Gasteiger partial charge in [-0.3, -0.25) is 0 Å². The highest BCUT2D eigenvalue weighted by molar-refractivity contribution is 5.37. The Morgan fingerprint density at radius 3 is 2.70 bits per heavy atom. The summed E-state index contributed by atoms with van der Waals surface area (Å²) >= 11 is 0. The molecule has 104 valence electrons. The minimum atomic E-state index is 0.408. The van der Waals surface area contributed by atoms with Crippen LogP contribution in [0.4, 0.5) is 0 Å². The average Bonchev–Trinajstić information content (AvgIpc) is 2.53. The van der Waals surface area contributed by atoms with E-state index in [9.17, 15) is 0 Å². The van der Waals surface area contributed by atoms with E-state index in [1.165, 1.54) is 11.1 Å². The molecule has 0 saturated carbocycles. The molecule has 20 heavy (non-hydrogen) atoms. The lowest BCUT2D eigenvalue weighted by atomic mass is 9.97. The van der Waals surface area contributed by atoms with Crippen molar-refractivity contribution in [3.8, 4) is 5.75 Å². The molecule has 1 aliphatic heterocycles. The van der Waals surface area contributed by atoms with Crippen LogP contribution in [-0.4, -0.2) is 13.2 Å². The van der Waals surface area contributed by atoms with Gasteiger partial charge >= 0.3 is 0 Å². The van der Waals surface area contributed by atoms with Gasteiger partial charge in [0.1, 0.15) is 5.75 Å². The van der Waals surface area contributed by atoms with Gasteiger partial charge in [0.2, 0.25) is 0 Å². The molecule has 2 heteroatoms. The molecule has 2 aromatic rings. The first-order valence-corrected chi connectivity index (χ1v) is 7.34. The van der Waals surface area contributed by atoms with E-state index in [1.807, 2.05) is 6.07 Å². The zero-order chi connectivity index (χ0) is 13.8.